The van der Waals surface area contributed by atoms with Gasteiger partial charge in [0.25, 0.3) is 5.91 Å². The van der Waals surface area contributed by atoms with Crippen LogP contribution in [0, 0.1) is 18.6 Å². The molecule has 3 heterocycles. The van der Waals surface area contributed by atoms with Crippen LogP contribution in [-0.2, 0) is 0 Å². The van der Waals surface area contributed by atoms with Crippen LogP contribution in [0.5, 0.6) is 0 Å². The lowest BCUT2D eigenvalue weighted by Crippen LogP contribution is -2.49. The van der Waals surface area contributed by atoms with E-state index < -0.39 is 17.5 Å². The lowest BCUT2D eigenvalue weighted by Gasteiger charge is -2.35. The number of piperazine rings is 1. The summed E-state index contributed by atoms with van der Waals surface area (Å²) < 4.78 is 27.2. The molecule has 5 nitrogen and oxygen atoms in total. The van der Waals surface area contributed by atoms with Crippen LogP contribution in [0.2, 0.25) is 0 Å². The van der Waals surface area contributed by atoms with Crippen molar-refractivity contribution in [2.45, 2.75) is 6.92 Å². The van der Waals surface area contributed by atoms with Crippen molar-refractivity contribution in [1.29, 1.82) is 0 Å². The summed E-state index contributed by atoms with van der Waals surface area (Å²) in [4.78, 5) is 25.1. The lowest BCUT2D eigenvalue weighted by molar-refractivity contribution is 0.0741. The highest BCUT2D eigenvalue weighted by molar-refractivity contribution is 7.13. The third-order valence-corrected chi connectivity index (χ3v) is 5.67. The Hall–Kier alpha value is -2.87. The van der Waals surface area contributed by atoms with Crippen LogP contribution in [0.1, 0.15) is 16.1 Å². The molecule has 0 aliphatic carbocycles. The van der Waals surface area contributed by atoms with Crippen molar-refractivity contribution in [2.24, 2.45) is 0 Å². The van der Waals surface area contributed by atoms with Crippen molar-refractivity contribution in [3.05, 3.63) is 64.8 Å². The van der Waals surface area contributed by atoms with Gasteiger partial charge in [-0.05, 0) is 37.3 Å². The van der Waals surface area contributed by atoms with Crippen molar-refractivity contribution >= 4 is 23.1 Å². The van der Waals surface area contributed by atoms with Crippen LogP contribution in [0.25, 0.3) is 10.6 Å². The third kappa shape index (κ3) is 3.73. The Kier molecular flexibility index (Phi) is 5.04. The molecule has 1 aliphatic rings. The summed E-state index contributed by atoms with van der Waals surface area (Å²) in [7, 11) is 0. The van der Waals surface area contributed by atoms with Crippen molar-refractivity contribution in [3.63, 3.8) is 0 Å². The van der Waals surface area contributed by atoms with Gasteiger partial charge in [-0.1, -0.05) is 0 Å². The van der Waals surface area contributed by atoms with Gasteiger partial charge in [0, 0.05) is 49.0 Å². The SMILES string of the molecule is Cc1csc(-c2ccc(N3CCN(C(=O)c4cc(F)ccc4F)CC3)nc2)n1. The summed E-state index contributed by atoms with van der Waals surface area (Å²) in [5.74, 6) is -0.994. The Morgan fingerprint density at radius 2 is 1.89 bits per heavy atom. The number of carbonyl (C=O) groups excluding carboxylic acids is 1. The summed E-state index contributed by atoms with van der Waals surface area (Å²) >= 11 is 1.58. The van der Waals surface area contributed by atoms with E-state index in [4.69, 9.17) is 0 Å². The van der Waals surface area contributed by atoms with Gasteiger partial charge in [-0.2, -0.15) is 0 Å². The second-order valence-corrected chi connectivity index (χ2v) is 7.46. The Bertz CT molecular complexity index is 998. The highest BCUT2D eigenvalue weighted by Gasteiger charge is 2.25. The van der Waals surface area contributed by atoms with Gasteiger partial charge in [0.2, 0.25) is 0 Å². The quantitative estimate of drug-likeness (QED) is 0.672. The third-order valence-electron chi connectivity index (χ3n) is 4.66. The molecule has 1 saturated heterocycles. The topological polar surface area (TPSA) is 49.3 Å². The smallest absolute Gasteiger partial charge is 0.257 e. The molecule has 0 N–H and O–H groups in total. The van der Waals surface area contributed by atoms with E-state index >= 15 is 0 Å². The predicted molar refractivity (Wildman–Crippen MR) is 105 cm³/mol. The number of carbonyl (C=O) groups is 1. The number of rotatable bonds is 3. The van der Waals surface area contributed by atoms with Crippen LogP contribution in [0.3, 0.4) is 0 Å². The second-order valence-electron chi connectivity index (χ2n) is 6.60. The minimum absolute atomic E-state index is 0.227. The van der Waals surface area contributed by atoms with Crippen LogP contribution < -0.4 is 4.90 Å². The number of amides is 1. The molecular formula is C20H18F2N4OS. The average Bonchev–Trinajstić information content (AvgIpc) is 3.16. The zero-order valence-corrected chi connectivity index (χ0v) is 16.0. The van der Waals surface area contributed by atoms with E-state index in [0.29, 0.717) is 26.2 Å². The molecule has 1 aliphatic heterocycles. The molecule has 0 bridgehead atoms. The van der Waals surface area contributed by atoms with Crippen LogP contribution >= 0.6 is 11.3 Å². The Balaban J connectivity index is 1.41. The molecule has 144 valence electrons. The number of hydrogen-bond donors (Lipinski definition) is 0. The van der Waals surface area contributed by atoms with E-state index in [1.54, 1.807) is 22.4 Å². The van der Waals surface area contributed by atoms with Crippen molar-refractivity contribution in [3.8, 4) is 10.6 Å². The predicted octanol–water partition coefficient (Wildman–Crippen LogP) is 3.75. The van der Waals surface area contributed by atoms with Gasteiger partial charge < -0.3 is 9.80 Å². The maximum atomic E-state index is 13.9. The van der Waals surface area contributed by atoms with Gasteiger partial charge in [-0.25, -0.2) is 18.7 Å². The van der Waals surface area contributed by atoms with E-state index in [2.05, 4.69) is 14.9 Å². The highest BCUT2D eigenvalue weighted by Crippen LogP contribution is 2.25. The molecule has 2 aromatic heterocycles. The number of aromatic nitrogens is 2. The van der Waals surface area contributed by atoms with Crippen LogP contribution in [0.4, 0.5) is 14.6 Å². The molecule has 0 atom stereocenters. The monoisotopic (exact) mass is 400 g/mol. The standard InChI is InChI=1S/C20H18F2N4OS/c1-13-12-28-19(24-13)14-2-5-18(23-11-14)25-6-8-26(9-7-25)20(27)16-10-15(21)3-4-17(16)22/h2-5,10-12H,6-9H2,1H3. The number of nitrogens with zero attached hydrogens (tertiary/aromatic N) is 4. The summed E-state index contributed by atoms with van der Waals surface area (Å²) in [6, 6.07) is 6.86. The van der Waals surface area contributed by atoms with Crippen molar-refractivity contribution in [1.82, 2.24) is 14.9 Å². The summed E-state index contributed by atoms with van der Waals surface area (Å²) in [5, 5.41) is 2.94. The molecule has 1 amide bonds. The number of anilines is 1. The zero-order chi connectivity index (χ0) is 19.7. The number of hydrogen-bond acceptors (Lipinski definition) is 5. The first-order valence-corrected chi connectivity index (χ1v) is 9.77. The van der Waals surface area contributed by atoms with Gasteiger partial charge in [-0.3, -0.25) is 4.79 Å². The second kappa shape index (κ2) is 7.63. The molecule has 4 rings (SSSR count). The molecule has 0 spiro atoms. The summed E-state index contributed by atoms with van der Waals surface area (Å²) in [6.45, 7) is 3.95. The first-order valence-electron chi connectivity index (χ1n) is 8.89. The Morgan fingerprint density at radius 1 is 1.11 bits per heavy atom. The first-order chi connectivity index (χ1) is 13.5. The normalized spacial score (nSPS) is 14.4. The Morgan fingerprint density at radius 3 is 2.54 bits per heavy atom. The number of thiazole rings is 1. The summed E-state index contributed by atoms with van der Waals surface area (Å²) in [6.07, 6.45) is 1.80. The van der Waals surface area contributed by atoms with Crippen molar-refractivity contribution < 1.29 is 13.6 Å². The maximum absolute atomic E-state index is 13.9. The van der Waals surface area contributed by atoms with E-state index in [1.165, 1.54) is 0 Å². The van der Waals surface area contributed by atoms with E-state index in [0.717, 1.165) is 40.3 Å². The average molecular weight is 400 g/mol. The molecular weight excluding hydrogens is 382 g/mol. The van der Waals surface area contributed by atoms with Gasteiger partial charge >= 0.3 is 0 Å². The molecule has 3 aromatic rings. The fourth-order valence-corrected chi connectivity index (χ4v) is 3.94. The van der Waals surface area contributed by atoms with Gasteiger partial charge in [0.1, 0.15) is 22.5 Å². The summed E-state index contributed by atoms with van der Waals surface area (Å²) in [5.41, 5.74) is 1.73. The Labute approximate surface area is 165 Å². The van der Waals surface area contributed by atoms with Gasteiger partial charge in [-0.15, -0.1) is 11.3 Å². The minimum atomic E-state index is -0.705. The molecule has 8 heteroatoms. The lowest BCUT2D eigenvalue weighted by atomic mass is 10.1. The van der Waals surface area contributed by atoms with E-state index in [-0.39, 0.29) is 5.56 Å². The molecule has 28 heavy (non-hydrogen) atoms. The fraction of sp³-hybridized carbons (Fsp3) is 0.250. The van der Waals surface area contributed by atoms with Gasteiger partial charge in [0.05, 0.1) is 5.56 Å². The van der Waals surface area contributed by atoms with E-state index in [9.17, 15) is 13.6 Å². The molecule has 1 fully saturated rings. The van der Waals surface area contributed by atoms with Gasteiger partial charge in [0.15, 0.2) is 0 Å². The first kappa shape index (κ1) is 18.5. The fourth-order valence-electron chi connectivity index (χ4n) is 3.16. The maximum Gasteiger partial charge on any atom is 0.257 e. The van der Waals surface area contributed by atoms with Crippen LogP contribution in [0.15, 0.2) is 41.9 Å². The highest BCUT2D eigenvalue weighted by atomic mass is 32.1. The number of pyridine rings is 1. The number of benzene rings is 1. The largest absolute Gasteiger partial charge is 0.353 e. The zero-order valence-electron chi connectivity index (χ0n) is 15.2. The number of halogens is 2. The van der Waals surface area contributed by atoms with Crippen LogP contribution in [-0.4, -0.2) is 47.0 Å². The van der Waals surface area contributed by atoms with E-state index in [1.807, 2.05) is 24.4 Å². The number of aryl methyl sites for hydroxylation is 1. The van der Waals surface area contributed by atoms with Crippen molar-refractivity contribution in [2.75, 3.05) is 31.1 Å². The molecule has 0 unspecified atom stereocenters. The minimum Gasteiger partial charge on any atom is -0.353 e. The molecule has 1 aromatic carbocycles. The molecule has 0 radical (unpaired) electrons. The molecule has 0 saturated carbocycles.